The predicted octanol–water partition coefficient (Wildman–Crippen LogP) is 2.35. The number of nitrogens with two attached hydrogens (primary N) is 1. The van der Waals surface area contributed by atoms with Crippen LogP contribution in [0.25, 0.3) is 10.9 Å². The van der Waals surface area contributed by atoms with Crippen LogP contribution in [0.3, 0.4) is 0 Å². The van der Waals surface area contributed by atoms with Gasteiger partial charge in [0.2, 0.25) is 0 Å². The molecule has 78 valence electrons. The summed E-state index contributed by atoms with van der Waals surface area (Å²) < 4.78 is 5.33. The first-order valence-corrected chi connectivity index (χ1v) is 5.03. The molecule has 2 aromatic rings. The van der Waals surface area contributed by atoms with Gasteiger partial charge >= 0.3 is 0 Å². The summed E-state index contributed by atoms with van der Waals surface area (Å²) in [7, 11) is 0. The van der Waals surface area contributed by atoms with Crippen molar-refractivity contribution in [3.05, 3.63) is 35.9 Å². The van der Waals surface area contributed by atoms with Gasteiger partial charge in [-0.1, -0.05) is 18.2 Å². The summed E-state index contributed by atoms with van der Waals surface area (Å²) in [6.07, 6.45) is 0. The quantitative estimate of drug-likeness (QED) is 0.831. The van der Waals surface area contributed by atoms with Gasteiger partial charge in [0.1, 0.15) is 5.82 Å². The van der Waals surface area contributed by atoms with E-state index in [0.717, 1.165) is 16.5 Å². The van der Waals surface area contributed by atoms with E-state index in [1.165, 1.54) is 0 Å². The smallest absolute Gasteiger partial charge is 0.129 e. The highest BCUT2D eigenvalue weighted by Crippen LogP contribution is 2.18. The van der Waals surface area contributed by atoms with Crippen LogP contribution in [0, 0.1) is 0 Å². The molecule has 0 bridgehead atoms. The zero-order valence-corrected chi connectivity index (χ0v) is 8.73. The third kappa shape index (κ3) is 2.07. The zero-order valence-electron chi connectivity index (χ0n) is 8.73. The molecule has 3 heteroatoms. The van der Waals surface area contributed by atoms with E-state index in [1.807, 2.05) is 37.3 Å². The average molecular weight is 202 g/mol. The Bertz CT molecular complexity index is 468. The van der Waals surface area contributed by atoms with Crippen molar-refractivity contribution in [3.63, 3.8) is 0 Å². The molecule has 1 aromatic heterocycles. The Hall–Kier alpha value is -1.61. The average Bonchev–Trinajstić information content (AvgIpc) is 2.26. The summed E-state index contributed by atoms with van der Waals surface area (Å²) in [4.78, 5) is 4.33. The van der Waals surface area contributed by atoms with Crippen LogP contribution in [0.5, 0.6) is 0 Å². The number of rotatable bonds is 3. The van der Waals surface area contributed by atoms with Crippen LogP contribution in [0.2, 0.25) is 0 Å². The van der Waals surface area contributed by atoms with Gasteiger partial charge in [-0.25, -0.2) is 4.98 Å². The molecule has 0 amide bonds. The van der Waals surface area contributed by atoms with Gasteiger partial charge in [-0.15, -0.1) is 0 Å². The summed E-state index contributed by atoms with van der Waals surface area (Å²) in [6, 6.07) is 9.96. The third-order valence-corrected chi connectivity index (χ3v) is 2.30. The van der Waals surface area contributed by atoms with Crippen LogP contribution >= 0.6 is 0 Å². The van der Waals surface area contributed by atoms with Gasteiger partial charge in [0.05, 0.1) is 12.1 Å². The molecule has 0 spiro atoms. The Morgan fingerprint density at radius 1 is 1.33 bits per heavy atom. The number of fused-ring (bicyclic) bond motifs is 1. The number of para-hydroxylation sites is 1. The van der Waals surface area contributed by atoms with Crippen molar-refractivity contribution in [1.82, 2.24) is 4.98 Å². The molecule has 0 radical (unpaired) electrons. The number of pyridine rings is 1. The Labute approximate surface area is 88.9 Å². The van der Waals surface area contributed by atoms with E-state index in [4.69, 9.17) is 10.5 Å². The van der Waals surface area contributed by atoms with Crippen LogP contribution in [0.4, 0.5) is 5.82 Å². The van der Waals surface area contributed by atoms with Crippen LogP contribution < -0.4 is 5.73 Å². The van der Waals surface area contributed by atoms with Crippen molar-refractivity contribution in [2.45, 2.75) is 13.5 Å². The van der Waals surface area contributed by atoms with Gasteiger partial charge in [0, 0.05) is 17.6 Å². The number of aromatic nitrogens is 1. The summed E-state index contributed by atoms with van der Waals surface area (Å²) in [5, 5.41) is 1.10. The van der Waals surface area contributed by atoms with Crippen molar-refractivity contribution in [2.75, 3.05) is 12.3 Å². The normalized spacial score (nSPS) is 10.7. The number of ether oxygens (including phenoxy) is 1. The summed E-state index contributed by atoms with van der Waals surface area (Å²) >= 11 is 0. The Balaban J connectivity index is 2.43. The van der Waals surface area contributed by atoms with Gasteiger partial charge in [0.15, 0.2) is 0 Å². The third-order valence-electron chi connectivity index (χ3n) is 2.30. The molecule has 0 atom stereocenters. The summed E-state index contributed by atoms with van der Waals surface area (Å²) in [5.41, 5.74) is 7.72. The maximum Gasteiger partial charge on any atom is 0.129 e. The number of nitrogen functional groups attached to an aromatic ring is 1. The summed E-state index contributed by atoms with van der Waals surface area (Å²) in [5.74, 6) is 0.558. The van der Waals surface area contributed by atoms with Gasteiger partial charge in [-0.05, 0) is 19.1 Å². The van der Waals surface area contributed by atoms with Gasteiger partial charge in [-0.2, -0.15) is 0 Å². The Kier molecular flexibility index (Phi) is 2.83. The van der Waals surface area contributed by atoms with E-state index in [1.54, 1.807) is 0 Å². The lowest BCUT2D eigenvalue weighted by atomic mass is 10.1. The highest BCUT2D eigenvalue weighted by Gasteiger charge is 2.03. The second-order valence-electron chi connectivity index (χ2n) is 3.36. The van der Waals surface area contributed by atoms with Crippen LogP contribution in [-0.2, 0) is 11.3 Å². The SMILES string of the molecule is CCOCc1cc2ccccc2nc1N. The van der Waals surface area contributed by atoms with Crippen LogP contribution in [0.15, 0.2) is 30.3 Å². The van der Waals surface area contributed by atoms with E-state index in [9.17, 15) is 0 Å². The molecule has 1 aromatic carbocycles. The van der Waals surface area contributed by atoms with Crippen molar-refractivity contribution >= 4 is 16.7 Å². The molecule has 0 aliphatic rings. The first kappa shape index (κ1) is 9.93. The second-order valence-corrected chi connectivity index (χ2v) is 3.36. The first-order chi connectivity index (χ1) is 7.31. The minimum Gasteiger partial charge on any atom is -0.383 e. The van der Waals surface area contributed by atoms with E-state index in [2.05, 4.69) is 4.98 Å². The minimum absolute atomic E-state index is 0.528. The van der Waals surface area contributed by atoms with E-state index < -0.39 is 0 Å². The molecule has 2 rings (SSSR count). The van der Waals surface area contributed by atoms with E-state index in [0.29, 0.717) is 19.0 Å². The first-order valence-electron chi connectivity index (χ1n) is 5.03. The fourth-order valence-corrected chi connectivity index (χ4v) is 1.50. The Morgan fingerprint density at radius 3 is 2.93 bits per heavy atom. The number of hydrogen-bond acceptors (Lipinski definition) is 3. The molecule has 15 heavy (non-hydrogen) atoms. The van der Waals surface area contributed by atoms with Gasteiger partial charge in [0.25, 0.3) is 0 Å². The molecule has 0 saturated heterocycles. The monoisotopic (exact) mass is 202 g/mol. The van der Waals surface area contributed by atoms with Crippen molar-refractivity contribution in [2.24, 2.45) is 0 Å². The maximum atomic E-state index is 5.84. The Morgan fingerprint density at radius 2 is 2.13 bits per heavy atom. The molecule has 2 N–H and O–H groups in total. The molecule has 0 aliphatic heterocycles. The summed E-state index contributed by atoms with van der Waals surface area (Å²) in [6.45, 7) is 3.18. The fourth-order valence-electron chi connectivity index (χ4n) is 1.50. The molecular weight excluding hydrogens is 188 g/mol. The molecule has 3 nitrogen and oxygen atoms in total. The zero-order chi connectivity index (χ0) is 10.7. The van der Waals surface area contributed by atoms with Crippen LogP contribution in [0.1, 0.15) is 12.5 Å². The minimum atomic E-state index is 0.528. The molecule has 0 aliphatic carbocycles. The van der Waals surface area contributed by atoms with E-state index >= 15 is 0 Å². The lowest BCUT2D eigenvalue weighted by molar-refractivity contribution is 0.134. The van der Waals surface area contributed by atoms with Crippen molar-refractivity contribution in [1.29, 1.82) is 0 Å². The number of nitrogens with zero attached hydrogens (tertiary/aromatic N) is 1. The topological polar surface area (TPSA) is 48.1 Å². The number of anilines is 1. The standard InChI is InChI=1S/C12H14N2O/c1-2-15-8-10-7-9-5-3-4-6-11(9)14-12(10)13/h3-7H,2,8H2,1H3,(H2,13,14). The maximum absolute atomic E-state index is 5.84. The molecule has 0 fully saturated rings. The van der Waals surface area contributed by atoms with Gasteiger partial charge < -0.3 is 10.5 Å². The lowest BCUT2D eigenvalue weighted by Crippen LogP contribution is -2.00. The second kappa shape index (κ2) is 4.28. The van der Waals surface area contributed by atoms with Crippen molar-refractivity contribution < 1.29 is 4.74 Å². The molecule has 1 heterocycles. The largest absolute Gasteiger partial charge is 0.383 e. The highest BCUT2D eigenvalue weighted by molar-refractivity contribution is 5.81. The highest BCUT2D eigenvalue weighted by atomic mass is 16.5. The van der Waals surface area contributed by atoms with E-state index in [-0.39, 0.29) is 0 Å². The van der Waals surface area contributed by atoms with Crippen molar-refractivity contribution in [3.8, 4) is 0 Å². The van der Waals surface area contributed by atoms with Crippen LogP contribution in [-0.4, -0.2) is 11.6 Å². The molecule has 0 saturated carbocycles. The number of hydrogen-bond donors (Lipinski definition) is 1. The fraction of sp³-hybridized carbons (Fsp3) is 0.250. The molecule has 0 unspecified atom stereocenters. The van der Waals surface area contributed by atoms with Gasteiger partial charge in [-0.3, -0.25) is 0 Å². The lowest BCUT2D eigenvalue weighted by Gasteiger charge is -2.06. The molecular formula is C12H14N2O. The predicted molar refractivity (Wildman–Crippen MR) is 61.5 cm³/mol. The number of benzene rings is 1.